The third-order valence-corrected chi connectivity index (χ3v) is 7.09. The molecule has 0 unspecified atom stereocenters. The van der Waals surface area contributed by atoms with Crippen LogP contribution in [-0.4, -0.2) is 38.1 Å². The number of hydrogen-bond acceptors (Lipinski definition) is 5. The Morgan fingerprint density at radius 3 is 2.69 bits per heavy atom. The molecular weight excluding hydrogens is 474 g/mol. The van der Waals surface area contributed by atoms with E-state index in [4.69, 9.17) is 22.1 Å². The maximum atomic E-state index is 13.1. The fraction of sp³-hybridized carbons (Fsp3) is 0.250. The van der Waals surface area contributed by atoms with Crippen molar-refractivity contribution in [1.82, 2.24) is 14.7 Å². The van der Waals surface area contributed by atoms with Crippen molar-refractivity contribution < 1.29 is 9.53 Å². The number of ether oxygens (including phenoxy) is 1. The van der Waals surface area contributed by atoms with Crippen LogP contribution in [0.25, 0.3) is 23.0 Å². The topological polar surface area (TPSA) is 47.4 Å². The second-order valence-corrected chi connectivity index (χ2v) is 10.0. The lowest BCUT2D eigenvalue weighted by Gasteiger charge is -2.13. The SMILES string of the molecule is C=CCOc1ccc(-c2nn(-c3ccccc3)cc2C=C2SC(=S)N(CCCCC)C2=O)cc1C. The predicted octanol–water partition coefficient (Wildman–Crippen LogP) is 6.80. The maximum Gasteiger partial charge on any atom is 0.266 e. The van der Waals surface area contributed by atoms with Gasteiger partial charge in [-0.1, -0.05) is 74.6 Å². The molecule has 4 rings (SSSR count). The number of para-hydroxylation sites is 1. The van der Waals surface area contributed by atoms with E-state index in [2.05, 4.69) is 19.6 Å². The van der Waals surface area contributed by atoms with Gasteiger partial charge in [-0.05, 0) is 55.3 Å². The molecule has 0 N–H and O–H groups in total. The molecule has 2 heterocycles. The summed E-state index contributed by atoms with van der Waals surface area (Å²) in [6, 6.07) is 16.0. The van der Waals surface area contributed by atoms with Crippen LogP contribution in [0.15, 0.2) is 72.3 Å². The average molecular weight is 504 g/mol. The summed E-state index contributed by atoms with van der Waals surface area (Å²) in [6.45, 7) is 8.99. The average Bonchev–Trinajstić information content (AvgIpc) is 3.40. The Balaban J connectivity index is 1.72. The standard InChI is InChI=1S/C28H29N3O2S2/c1-4-6-10-15-30-27(32)25(35-28(30)34)18-22-19-31(23-11-8-7-9-12-23)29-26(22)21-13-14-24(20(3)17-21)33-16-5-2/h5,7-9,11-14,17-19H,2,4,6,10,15-16H2,1,3H3. The van der Waals surface area contributed by atoms with Gasteiger partial charge in [0, 0.05) is 23.9 Å². The molecule has 1 fully saturated rings. The molecule has 1 aliphatic heterocycles. The molecule has 0 bridgehead atoms. The van der Waals surface area contributed by atoms with Gasteiger partial charge in [0.25, 0.3) is 5.91 Å². The van der Waals surface area contributed by atoms with Crippen molar-refractivity contribution in [3.8, 4) is 22.7 Å². The third-order valence-electron chi connectivity index (χ3n) is 5.71. The van der Waals surface area contributed by atoms with E-state index >= 15 is 0 Å². The van der Waals surface area contributed by atoms with Gasteiger partial charge in [0.1, 0.15) is 22.4 Å². The number of nitrogens with zero attached hydrogens (tertiary/aromatic N) is 3. The number of aryl methyl sites for hydroxylation is 1. The molecule has 7 heteroatoms. The molecule has 0 atom stereocenters. The van der Waals surface area contributed by atoms with Gasteiger partial charge < -0.3 is 4.74 Å². The van der Waals surface area contributed by atoms with E-state index in [1.807, 2.05) is 66.3 Å². The Morgan fingerprint density at radius 2 is 1.97 bits per heavy atom. The molecule has 0 spiro atoms. The third kappa shape index (κ3) is 5.74. The molecule has 1 amide bonds. The first-order valence-corrected chi connectivity index (χ1v) is 13.0. The highest BCUT2D eigenvalue weighted by Crippen LogP contribution is 2.36. The Morgan fingerprint density at radius 1 is 1.17 bits per heavy atom. The molecule has 3 aromatic rings. The minimum Gasteiger partial charge on any atom is -0.489 e. The molecule has 0 radical (unpaired) electrons. The van der Waals surface area contributed by atoms with Gasteiger partial charge in [-0.15, -0.1) is 0 Å². The molecule has 1 aliphatic rings. The van der Waals surface area contributed by atoms with Crippen molar-refractivity contribution in [2.45, 2.75) is 33.1 Å². The van der Waals surface area contributed by atoms with Crippen molar-refractivity contribution in [2.75, 3.05) is 13.2 Å². The second kappa shape index (κ2) is 11.5. The van der Waals surface area contributed by atoms with E-state index in [1.54, 1.807) is 11.0 Å². The molecule has 1 aromatic heterocycles. The number of thioether (sulfide) groups is 1. The second-order valence-electron chi connectivity index (χ2n) is 8.33. The lowest BCUT2D eigenvalue weighted by atomic mass is 10.0. The Kier molecular flexibility index (Phi) is 8.21. The van der Waals surface area contributed by atoms with Crippen molar-refractivity contribution in [1.29, 1.82) is 0 Å². The molecule has 1 saturated heterocycles. The zero-order chi connectivity index (χ0) is 24.8. The number of amides is 1. The van der Waals surface area contributed by atoms with Crippen LogP contribution in [0.1, 0.15) is 37.3 Å². The summed E-state index contributed by atoms with van der Waals surface area (Å²) in [5, 5.41) is 4.90. The summed E-state index contributed by atoms with van der Waals surface area (Å²) < 4.78 is 8.21. The molecule has 35 heavy (non-hydrogen) atoms. The van der Waals surface area contributed by atoms with Gasteiger partial charge in [-0.2, -0.15) is 5.10 Å². The lowest BCUT2D eigenvalue weighted by molar-refractivity contribution is -0.122. The van der Waals surface area contributed by atoms with Gasteiger partial charge in [0.15, 0.2) is 0 Å². The summed E-state index contributed by atoms with van der Waals surface area (Å²) in [6.07, 6.45) is 8.74. The number of carbonyl (C=O) groups is 1. The molecule has 180 valence electrons. The van der Waals surface area contributed by atoms with Crippen molar-refractivity contribution in [3.05, 3.63) is 83.4 Å². The fourth-order valence-electron chi connectivity index (χ4n) is 3.89. The Bertz CT molecular complexity index is 1260. The number of aromatic nitrogens is 2. The summed E-state index contributed by atoms with van der Waals surface area (Å²) in [7, 11) is 0. The van der Waals surface area contributed by atoms with Crippen LogP contribution in [0.5, 0.6) is 5.75 Å². The largest absolute Gasteiger partial charge is 0.489 e. The van der Waals surface area contributed by atoms with Crippen LogP contribution in [0, 0.1) is 6.92 Å². The van der Waals surface area contributed by atoms with E-state index in [0.29, 0.717) is 22.4 Å². The van der Waals surface area contributed by atoms with Crippen LogP contribution >= 0.6 is 24.0 Å². The van der Waals surface area contributed by atoms with Crippen LogP contribution in [0.2, 0.25) is 0 Å². The molecule has 2 aromatic carbocycles. The van der Waals surface area contributed by atoms with Crippen LogP contribution in [0.4, 0.5) is 0 Å². The zero-order valence-corrected chi connectivity index (χ0v) is 21.7. The number of hydrogen-bond donors (Lipinski definition) is 0. The van der Waals surface area contributed by atoms with Crippen molar-refractivity contribution >= 4 is 40.3 Å². The van der Waals surface area contributed by atoms with Gasteiger partial charge in [-0.25, -0.2) is 4.68 Å². The highest BCUT2D eigenvalue weighted by Gasteiger charge is 2.32. The van der Waals surface area contributed by atoms with E-state index in [-0.39, 0.29) is 5.91 Å². The number of thiocarbonyl (C=S) groups is 1. The van der Waals surface area contributed by atoms with Crippen LogP contribution < -0.4 is 4.74 Å². The Hall–Kier alpha value is -3.16. The highest BCUT2D eigenvalue weighted by atomic mass is 32.2. The minimum atomic E-state index is -0.0288. The molecule has 0 aliphatic carbocycles. The van der Waals surface area contributed by atoms with E-state index in [0.717, 1.165) is 53.1 Å². The smallest absolute Gasteiger partial charge is 0.266 e. The monoisotopic (exact) mass is 503 g/mol. The number of benzene rings is 2. The Labute approximate surface area is 216 Å². The minimum absolute atomic E-state index is 0.0288. The molecular formula is C28H29N3O2S2. The van der Waals surface area contributed by atoms with E-state index in [1.165, 1.54) is 11.8 Å². The van der Waals surface area contributed by atoms with E-state index in [9.17, 15) is 4.79 Å². The summed E-state index contributed by atoms with van der Waals surface area (Å²) >= 11 is 6.88. The number of rotatable bonds is 10. The van der Waals surface area contributed by atoms with Crippen molar-refractivity contribution in [3.63, 3.8) is 0 Å². The summed E-state index contributed by atoms with van der Waals surface area (Å²) in [5.74, 6) is 0.782. The summed E-state index contributed by atoms with van der Waals surface area (Å²) in [4.78, 5) is 15.5. The van der Waals surface area contributed by atoms with E-state index < -0.39 is 0 Å². The maximum absolute atomic E-state index is 13.1. The molecule has 5 nitrogen and oxygen atoms in total. The first-order chi connectivity index (χ1) is 17.0. The predicted molar refractivity (Wildman–Crippen MR) is 149 cm³/mol. The number of carbonyl (C=O) groups excluding carboxylic acids is 1. The van der Waals surface area contributed by atoms with Crippen molar-refractivity contribution in [2.24, 2.45) is 0 Å². The first-order valence-electron chi connectivity index (χ1n) is 11.8. The molecule has 0 saturated carbocycles. The highest BCUT2D eigenvalue weighted by molar-refractivity contribution is 8.26. The van der Waals surface area contributed by atoms with Crippen LogP contribution in [-0.2, 0) is 4.79 Å². The quantitative estimate of drug-likeness (QED) is 0.132. The van der Waals surface area contributed by atoms with Gasteiger partial charge >= 0.3 is 0 Å². The van der Waals surface area contributed by atoms with Gasteiger partial charge in [-0.3, -0.25) is 9.69 Å². The fourth-order valence-corrected chi connectivity index (χ4v) is 5.19. The van der Waals surface area contributed by atoms with Gasteiger partial charge in [0.05, 0.1) is 10.6 Å². The first kappa shape index (κ1) is 24.9. The van der Waals surface area contributed by atoms with Gasteiger partial charge in [0.2, 0.25) is 0 Å². The van der Waals surface area contributed by atoms with Crippen LogP contribution in [0.3, 0.4) is 0 Å². The normalized spacial score (nSPS) is 14.7. The lowest BCUT2D eigenvalue weighted by Crippen LogP contribution is -2.28. The number of unbranched alkanes of at least 4 members (excludes halogenated alkanes) is 2. The summed E-state index contributed by atoms with van der Waals surface area (Å²) in [5.41, 5.74) is 4.56. The zero-order valence-electron chi connectivity index (χ0n) is 20.1.